The number of carbonyl (C=O) groups excluding carboxylic acids is 1. The molecule has 5 rings (SSSR count). The van der Waals surface area contributed by atoms with Crippen molar-refractivity contribution in [3.8, 4) is 22.8 Å². The summed E-state index contributed by atoms with van der Waals surface area (Å²) in [4.78, 5) is 32.1. The molecule has 40 heavy (non-hydrogen) atoms. The molecule has 1 aliphatic carbocycles. The van der Waals surface area contributed by atoms with Gasteiger partial charge in [-0.25, -0.2) is 4.98 Å². The van der Waals surface area contributed by atoms with Crippen molar-refractivity contribution in [3.05, 3.63) is 64.0 Å². The first-order valence-electron chi connectivity index (χ1n) is 13.6. The van der Waals surface area contributed by atoms with Crippen molar-refractivity contribution in [2.75, 3.05) is 46.6 Å². The van der Waals surface area contributed by atoms with E-state index in [1.165, 1.54) is 11.3 Å². The fraction of sp³-hybridized carbons (Fsp3) is 0.433. The molecule has 0 bridgehead atoms. The Bertz CT molecular complexity index is 1310. The summed E-state index contributed by atoms with van der Waals surface area (Å²) in [7, 11) is 1.62. The second-order valence-electron chi connectivity index (χ2n) is 10.3. The first-order chi connectivity index (χ1) is 19.5. The van der Waals surface area contributed by atoms with Gasteiger partial charge in [-0.05, 0) is 42.5 Å². The molecule has 0 atom stereocenters. The van der Waals surface area contributed by atoms with Gasteiger partial charge in [0.2, 0.25) is 5.91 Å². The Labute approximate surface area is 238 Å². The summed E-state index contributed by atoms with van der Waals surface area (Å²) < 4.78 is 17.0. The van der Waals surface area contributed by atoms with Crippen molar-refractivity contribution in [1.29, 1.82) is 0 Å². The fourth-order valence-corrected chi connectivity index (χ4v) is 6.22. The van der Waals surface area contributed by atoms with Gasteiger partial charge in [0.25, 0.3) is 0 Å². The van der Waals surface area contributed by atoms with Crippen molar-refractivity contribution in [3.63, 3.8) is 0 Å². The van der Waals surface area contributed by atoms with Gasteiger partial charge >= 0.3 is 5.97 Å². The number of aromatic nitrogens is 1. The number of carboxylic acid groups (broad SMARTS) is 1. The van der Waals surface area contributed by atoms with E-state index in [9.17, 15) is 14.7 Å². The van der Waals surface area contributed by atoms with E-state index in [0.29, 0.717) is 25.2 Å². The van der Waals surface area contributed by atoms with Crippen LogP contribution >= 0.6 is 11.3 Å². The lowest BCUT2D eigenvalue weighted by atomic mass is 9.80. The molecule has 2 heterocycles. The lowest BCUT2D eigenvalue weighted by Gasteiger charge is -2.26. The van der Waals surface area contributed by atoms with Gasteiger partial charge in [-0.15, -0.1) is 11.3 Å². The van der Waals surface area contributed by atoms with E-state index in [4.69, 9.17) is 19.2 Å². The summed E-state index contributed by atoms with van der Waals surface area (Å²) in [6.45, 7) is 5.37. The molecule has 10 heteroatoms. The molecule has 1 aliphatic heterocycles. The number of carbonyl (C=O) groups is 2. The highest BCUT2D eigenvalue weighted by Crippen LogP contribution is 2.40. The molecule has 1 aromatic heterocycles. The van der Waals surface area contributed by atoms with Gasteiger partial charge in [0, 0.05) is 36.6 Å². The second-order valence-corrected chi connectivity index (χ2v) is 11.2. The average molecular weight is 566 g/mol. The summed E-state index contributed by atoms with van der Waals surface area (Å²) in [6.07, 6.45) is 1.56. The van der Waals surface area contributed by atoms with Crippen molar-refractivity contribution in [2.45, 2.75) is 32.2 Å². The Morgan fingerprint density at radius 1 is 1.15 bits per heavy atom. The minimum Gasteiger partial charge on any atom is -0.496 e. The molecule has 0 saturated carbocycles. The molecule has 3 aromatic rings. The van der Waals surface area contributed by atoms with E-state index in [2.05, 4.69) is 10.2 Å². The molecule has 0 unspecified atom stereocenters. The number of amides is 1. The number of nitrogens with one attached hydrogen (secondary N) is 1. The number of nitrogens with zero attached hydrogens (tertiary/aromatic N) is 2. The van der Waals surface area contributed by atoms with Crippen LogP contribution in [0.25, 0.3) is 11.3 Å². The van der Waals surface area contributed by atoms with Crippen molar-refractivity contribution in [2.24, 2.45) is 5.41 Å². The molecule has 2 aliphatic rings. The van der Waals surface area contributed by atoms with Crippen LogP contribution in [0.5, 0.6) is 11.5 Å². The second kappa shape index (κ2) is 12.8. The summed E-state index contributed by atoms with van der Waals surface area (Å²) in [5.74, 6) is 0.175. The predicted molar refractivity (Wildman–Crippen MR) is 152 cm³/mol. The Morgan fingerprint density at radius 3 is 2.60 bits per heavy atom. The normalized spacial score (nSPS) is 16.3. The number of benzene rings is 2. The lowest BCUT2D eigenvalue weighted by Crippen LogP contribution is -2.43. The number of morpholine rings is 1. The number of aliphatic carboxylic acids is 1. The highest BCUT2D eigenvalue weighted by Gasteiger charge is 2.45. The summed E-state index contributed by atoms with van der Waals surface area (Å²) in [5.41, 5.74) is 2.67. The topological polar surface area (TPSA) is 110 Å². The molecule has 2 aromatic carbocycles. The van der Waals surface area contributed by atoms with Gasteiger partial charge in [0.1, 0.15) is 16.5 Å². The number of ether oxygens (including phenoxy) is 3. The van der Waals surface area contributed by atoms with E-state index in [0.717, 1.165) is 72.4 Å². The fourth-order valence-electron chi connectivity index (χ4n) is 5.48. The van der Waals surface area contributed by atoms with Crippen molar-refractivity contribution >= 4 is 23.2 Å². The van der Waals surface area contributed by atoms with E-state index >= 15 is 0 Å². The maximum atomic E-state index is 13.3. The van der Waals surface area contributed by atoms with Gasteiger partial charge in [0.15, 0.2) is 0 Å². The lowest BCUT2D eigenvalue weighted by molar-refractivity contribution is -0.145. The van der Waals surface area contributed by atoms with Crippen LogP contribution in [0.2, 0.25) is 0 Å². The molecule has 1 amide bonds. The van der Waals surface area contributed by atoms with E-state index in [-0.39, 0.29) is 18.9 Å². The number of methoxy groups -OCH3 is 1. The minimum absolute atomic E-state index is 0.213. The van der Waals surface area contributed by atoms with Gasteiger partial charge < -0.3 is 24.6 Å². The number of rotatable bonds is 12. The van der Waals surface area contributed by atoms with Crippen LogP contribution < -0.4 is 14.8 Å². The maximum absolute atomic E-state index is 13.3. The Balaban J connectivity index is 1.18. The van der Waals surface area contributed by atoms with Gasteiger partial charge in [0.05, 0.1) is 51.0 Å². The van der Waals surface area contributed by atoms with Gasteiger partial charge in [-0.3, -0.25) is 14.5 Å². The molecule has 1 saturated heterocycles. The number of fused-ring (bicyclic) bond motifs is 1. The standard InChI is InChI=1S/C30H35N3O6S/c1-37-26-15-23(39-12-4-9-33-10-13-38-14-11-33)7-8-24(26)25-20-40-27(32-25)19-31-29(36)30(18-28(34)35)16-21-5-2-3-6-22(21)17-30/h2-3,5-8,15,20H,4,9-14,16-19H2,1H3,(H,31,36)(H,34,35). The third-order valence-corrected chi connectivity index (χ3v) is 8.39. The van der Waals surface area contributed by atoms with E-state index < -0.39 is 11.4 Å². The molecule has 0 radical (unpaired) electrons. The highest BCUT2D eigenvalue weighted by atomic mass is 32.1. The Kier molecular flexibility index (Phi) is 8.98. The zero-order valence-corrected chi connectivity index (χ0v) is 23.5. The molecule has 1 fully saturated rings. The van der Waals surface area contributed by atoms with Crippen LogP contribution in [0.15, 0.2) is 47.8 Å². The van der Waals surface area contributed by atoms with Crippen LogP contribution in [0.4, 0.5) is 0 Å². The first-order valence-corrected chi connectivity index (χ1v) is 14.5. The number of hydrogen-bond donors (Lipinski definition) is 2. The predicted octanol–water partition coefficient (Wildman–Crippen LogP) is 3.80. The van der Waals surface area contributed by atoms with E-state index in [1.54, 1.807) is 7.11 Å². The Morgan fingerprint density at radius 2 is 1.90 bits per heavy atom. The van der Waals surface area contributed by atoms with Gasteiger partial charge in [-0.2, -0.15) is 0 Å². The highest BCUT2D eigenvalue weighted by molar-refractivity contribution is 7.09. The summed E-state index contributed by atoms with van der Waals surface area (Å²) >= 11 is 1.44. The molecular formula is C30H35N3O6S. The van der Waals surface area contributed by atoms with Crippen LogP contribution in [0, 0.1) is 5.41 Å². The number of hydrogen-bond acceptors (Lipinski definition) is 8. The molecule has 0 spiro atoms. The number of thiazole rings is 1. The zero-order valence-electron chi connectivity index (χ0n) is 22.7. The molecule has 2 N–H and O–H groups in total. The van der Waals surface area contributed by atoms with E-state index in [1.807, 2.05) is 47.8 Å². The van der Waals surface area contributed by atoms with Crippen LogP contribution in [-0.2, 0) is 33.7 Å². The Hall–Kier alpha value is -3.47. The van der Waals surface area contributed by atoms with Crippen LogP contribution in [0.1, 0.15) is 29.0 Å². The number of carboxylic acids is 1. The van der Waals surface area contributed by atoms with Crippen LogP contribution in [-0.4, -0.2) is 73.4 Å². The van der Waals surface area contributed by atoms with Crippen LogP contribution in [0.3, 0.4) is 0 Å². The maximum Gasteiger partial charge on any atom is 0.304 e. The van der Waals surface area contributed by atoms with Gasteiger partial charge in [-0.1, -0.05) is 24.3 Å². The minimum atomic E-state index is -0.989. The molecule has 212 valence electrons. The zero-order chi connectivity index (χ0) is 28.0. The quantitative estimate of drug-likeness (QED) is 0.319. The van der Waals surface area contributed by atoms with Crippen molar-refractivity contribution < 1.29 is 28.9 Å². The molecular weight excluding hydrogens is 530 g/mol. The van der Waals surface area contributed by atoms with Crippen molar-refractivity contribution in [1.82, 2.24) is 15.2 Å². The third-order valence-electron chi connectivity index (χ3n) is 7.54. The monoisotopic (exact) mass is 565 g/mol. The third kappa shape index (κ3) is 6.63. The average Bonchev–Trinajstić information content (AvgIpc) is 3.59. The first kappa shape index (κ1) is 28.1. The molecule has 9 nitrogen and oxygen atoms in total. The summed E-state index contributed by atoms with van der Waals surface area (Å²) in [5, 5.41) is 15.2. The SMILES string of the molecule is COc1cc(OCCCN2CCOCC2)ccc1-c1csc(CNC(=O)C2(CC(=O)O)Cc3ccccc3C2)n1. The summed E-state index contributed by atoms with van der Waals surface area (Å²) in [6, 6.07) is 13.5. The largest absolute Gasteiger partial charge is 0.496 e. The smallest absolute Gasteiger partial charge is 0.304 e.